The van der Waals surface area contributed by atoms with Gasteiger partial charge in [-0.25, -0.2) is 0 Å². The average molecular weight is 263 g/mol. The van der Waals surface area contributed by atoms with Crippen LogP contribution in [0.1, 0.15) is 40.6 Å². The van der Waals surface area contributed by atoms with E-state index in [9.17, 15) is 9.90 Å². The summed E-state index contributed by atoms with van der Waals surface area (Å²) in [5.74, 6) is 1.19. The predicted octanol–water partition coefficient (Wildman–Crippen LogP) is 2.21. The zero-order chi connectivity index (χ0) is 13.8. The molecule has 2 rings (SSSR count). The second-order valence-electron chi connectivity index (χ2n) is 4.29. The molecule has 2 aromatic heterocycles. The Morgan fingerprint density at radius 1 is 1.53 bits per heavy atom. The van der Waals surface area contributed by atoms with Crippen LogP contribution in [0.25, 0.3) is 0 Å². The molecule has 0 radical (unpaired) electrons. The lowest BCUT2D eigenvalue weighted by Crippen LogP contribution is -2.30. The molecule has 0 saturated carbocycles. The zero-order valence-electron chi connectivity index (χ0n) is 11.0. The Balaban J connectivity index is 2.11. The molecule has 0 aromatic carbocycles. The van der Waals surface area contributed by atoms with Crippen LogP contribution < -0.4 is 5.32 Å². The van der Waals surface area contributed by atoms with E-state index in [4.69, 9.17) is 8.83 Å². The van der Waals surface area contributed by atoms with E-state index in [1.54, 1.807) is 18.2 Å². The van der Waals surface area contributed by atoms with Crippen molar-refractivity contribution in [1.82, 2.24) is 5.32 Å². The van der Waals surface area contributed by atoms with Gasteiger partial charge in [-0.2, -0.15) is 0 Å². The van der Waals surface area contributed by atoms with Gasteiger partial charge in [-0.05, 0) is 30.7 Å². The van der Waals surface area contributed by atoms with E-state index in [1.165, 1.54) is 6.26 Å². The molecule has 0 aliphatic carbocycles. The smallest absolute Gasteiger partial charge is 0.287 e. The lowest BCUT2D eigenvalue weighted by molar-refractivity contribution is 0.0877. The molecule has 2 heterocycles. The Labute approximate surface area is 111 Å². The number of aryl methyl sites for hydroxylation is 2. The van der Waals surface area contributed by atoms with Crippen LogP contribution in [0.15, 0.2) is 33.3 Å². The predicted molar refractivity (Wildman–Crippen MR) is 68.8 cm³/mol. The second kappa shape index (κ2) is 5.75. The molecule has 2 N–H and O–H groups in total. The fourth-order valence-electron chi connectivity index (χ4n) is 1.91. The molecule has 0 spiro atoms. The molecule has 0 fully saturated rings. The Morgan fingerprint density at radius 3 is 2.84 bits per heavy atom. The third-order valence-electron chi connectivity index (χ3n) is 2.94. The van der Waals surface area contributed by atoms with Crippen molar-refractivity contribution in [3.63, 3.8) is 0 Å². The zero-order valence-corrected chi connectivity index (χ0v) is 11.0. The molecule has 5 nitrogen and oxygen atoms in total. The van der Waals surface area contributed by atoms with Crippen LogP contribution in [0.2, 0.25) is 0 Å². The molecule has 1 amide bonds. The molecule has 0 bridgehead atoms. The Hall–Kier alpha value is -2.01. The van der Waals surface area contributed by atoms with E-state index in [0.717, 1.165) is 17.7 Å². The highest BCUT2D eigenvalue weighted by Gasteiger charge is 2.20. The number of carbonyl (C=O) groups is 1. The van der Waals surface area contributed by atoms with E-state index >= 15 is 0 Å². The molecular formula is C14H17NO4. The normalized spacial score (nSPS) is 12.4. The highest BCUT2D eigenvalue weighted by molar-refractivity contribution is 5.92. The van der Waals surface area contributed by atoms with E-state index in [1.807, 2.05) is 13.8 Å². The molecule has 0 aliphatic rings. The number of carbonyl (C=O) groups excluding carboxylic acids is 1. The van der Waals surface area contributed by atoms with Gasteiger partial charge in [0.25, 0.3) is 5.91 Å². The molecular weight excluding hydrogens is 246 g/mol. The van der Waals surface area contributed by atoms with Crippen molar-refractivity contribution in [3.05, 3.63) is 47.3 Å². The second-order valence-corrected chi connectivity index (χ2v) is 4.29. The first-order chi connectivity index (χ1) is 9.15. The lowest BCUT2D eigenvalue weighted by Gasteiger charge is -2.12. The molecule has 19 heavy (non-hydrogen) atoms. The molecule has 0 aliphatic heterocycles. The van der Waals surface area contributed by atoms with E-state index in [2.05, 4.69) is 5.32 Å². The minimum absolute atomic E-state index is 0.237. The first kappa shape index (κ1) is 13.4. The largest absolute Gasteiger partial charge is 0.467 e. The van der Waals surface area contributed by atoms with Crippen LogP contribution in [0.5, 0.6) is 0 Å². The topological polar surface area (TPSA) is 75.6 Å². The highest BCUT2D eigenvalue weighted by Crippen LogP contribution is 2.17. The fourth-order valence-corrected chi connectivity index (χ4v) is 1.91. The van der Waals surface area contributed by atoms with Gasteiger partial charge in [-0.3, -0.25) is 4.79 Å². The van der Waals surface area contributed by atoms with Crippen LogP contribution >= 0.6 is 0 Å². The number of aliphatic hydroxyl groups excluding tert-OH is 1. The van der Waals surface area contributed by atoms with Gasteiger partial charge in [0.05, 0.1) is 12.9 Å². The molecule has 5 heteroatoms. The first-order valence-corrected chi connectivity index (χ1v) is 6.20. The number of furan rings is 2. The summed E-state index contributed by atoms with van der Waals surface area (Å²) in [4.78, 5) is 12.0. The standard InChI is InChI=1S/C14H17NO4/c1-3-11-9(2)7-13(19-11)14(17)15-10(8-16)12-5-4-6-18-12/h4-7,10,16H,3,8H2,1-2H3,(H,15,17). The minimum Gasteiger partial charge on any atom is -0.467 e. The van der Waals surface area contributed by atoms with Gasteiger partial charge >= 0.3 is 0 Å². The van der Waals surface area contributed by atoms with E-state index in [-0.39, 0.29) is 18.3 Å². The van der Waals surface area contributed by atoms with Gasteiger partial charge in [0.2, 0.25) is 0 Å². The highest BCUT2D eigenvalue weighted by atomic mass is 16.4. The van der Waals surface area contributed by atoms with Gasteiger partial charge in [0.15, 0.2) is 5.76 Å². The van der Waals surface area contributed by atoms with Crippen molar-refractivity contribution < 1.29 is 18.7 Å². The summed E-state index contributed by atoms with van der Waals surface area (Å²) in [7, 11) is 0. The van der Waals surface area contributed by atoms with Crippen LogP contribution in [0.4, 0.5) is 0 Å². The van der Waals surface area contributed by atoms with Crippen LogP contribution in [-0.2, 0) is 6.42 Å². The molecule has 2 aromatic rings. The van der Waals surface area contributed by atoms with Crippen LogP contribution in [-0.4, -0.2) is 17.6 Å². The SMILES string of the molecule is CCc1oc(C(=O)NC(CO)c2ccco2)cc1C. The van der Waals surface area contributed by atoms with Gasteiger partial charge in [0.1, 0.15) is 17.6 Å². The molecule has 0 saturated heterocycles. The van der Waals surface area contributed by atoms with Gasteiger partial charge in [0, 0.05) is 6.42 Å². The molecule has 102 valence electrons. The van der Waals surface area contributed by atoms with Gasteiger partial charge < -0.3 is 19.3 Å². The van der Waals surface area contributed by atoms with Crippen molar-refractivity contribution in [3.8, 4) is 0 Å². The number of hydrogen-bond acceptors (Lipinski definition) is 4. The van der Waals surface area contributed by atoms with E-state index in [0.29, 0.717) is 5.76 Å². The summed E-state index contributed by atoms with van der Waals surface area (Å²) >= 11 is 0. The fraction of sp³-hybridized carbons (Fsp3) is 0.357. The van der Waals surface area contributed by atoms with Crippen molar-refractivity contribution in [2.24, 2.45) is 0 Å². The maximum absolute atomic E-state index is 12.0. The maximum atomic E-state index is 12.0. The molecule has 1 atom stereocenters. The van der Waals surface area contributed by atoms with Gasteiger partial charge in [-0.15, -0.1) is 0 Å². The maximum Gasteiger partial charge on any atom is 0.287 e. The van der Waals surface area contributed by atoms with Crippen molar-refractivity contribution in [1.29, 1.82) is 0 Å². The number of amides is 1. The number of aliphatic hydroxyl groups is 1. The summed E-state index contributed by atoms with van der Waals surface area (Å²) in [6.45, 7) is 3.63. The third kappa shape index (κ3) is 2.88. The monoisotopic (exact) mass is 263 g/mol. The van der Waals surface area contributed by atoms with E-state index < -0.39 is 6.04 Å². The van der Waals surface area contributed by atoms with Crippen molar-refractivity contribution in [2.75, 3.05) is 6.61 Å². The van der Waals surface area contributed by atoms with Crippen molar-refractivity contribution in [2.45, 2.75) is 26.3 Å². The average Bonchev–Trinajstić information content (AvgIpc) is 3.04. The summed E-state index contributed by atoms with van der Waals surface area (Å²) in [5.41, 5.74) is 0.950. The summed E-state index contributed by atoms with van der Waals surface area (Å²) < 4.78 is 10.6. The Bertz CT molecular complexity index is 542. The first-order valence-electron chi connectivity index (χ1n) is 6.20. The summed E-state index contributed by atoms with van der Waals surface area (Å²) in [5, 5.41) is 12.0. The Morgan fingerprint density at radius 2 is 2.32 bits per heavy atom. The Kier molecular flexibility index (Phi) is 4.06. The number of nitrogens with one attached hydrogen (secondary N) is 1. The quantitative estimate of drug-likeness (QED) is 0.867. The van der Waals surface area contributed by atoms with Gasteiger partial charge in [-0.1, -0.05) is 6.92 Å². The number of hydrogen-bond donors (Lipinski definition) is 2. The lowest BCUT2D eigenvalue weighted by atomic mass is 10.2. The number of rotatable bonds is 5. The van der Waals surface area contributed by atoms with Crippen LogP contribution in [0, 0.1) is 6.92 Å². The van der Waals surface area contributed by atoms with Crippen molar-refractivity contribution >= 4 is 5.91 Å². The third-order valence-corrected chi connectivity index (χ3v) is 2.94. The van der Waals surface area contributed by atoms with Crippen LogP contribution in [0.3, 0.4) is 0 Å². The molecule has 1 unspecified atom stereocenters. The summed E-state index contributed by atoms with van der Waals surface area (Å²) in [6.07, 6.45) is 2.23. The minimum atomic E-state index is -0.571. The summed E-state index contributed by atoms with van der Waals surface area (Å²) in [6, 6.07) is 4.53.